The van der Waals surface area contributed by atoms with Gasteiger partial charge in [-0.25, -0.2) is 18.1 Å². The number of carbonyl (C=O) groups excluding carboxylic acids is 1. The van der Waals surface area contributed by atoms with E-state index in [0.717, 1.165) is 16.5 Å². The smallest absolute Gasteiger partial charge is 0.266 e. The van der Waals surface area contributed by atoms with Gasteiger partial charge in [0.1, 0.15) is 11.0 Å². The molecule has 0 bridgehead atoms. The number of fused-ring (bicyclic) bond motifs is 1. The number of nitrogens with one attached hydrogen (secondary N) is 2. The Hall–Kier alpha value is -3.18. The number of aryl methyl sites for hydroxylation is 1. The summed E-state index contributed by atoms with van der Waals surface area (Å²) >= 11 is 0. The Morgan fingerprint density at radius 3 is 2.85 bits per heavy atom. The first-order chi connectivity index (χ1) is 12.5. The molecular weight excluding hydrogens is 352 g/mol. The van der Waals surface area contributed by atoms with Crippen LogP contribution in [0.4, 0.5) is 0 Å². The number of amides is 1. The highest BCUT2D eigenvalue weighted by atomic mass is 32.2. The minimum atomic E-state index is -4.11. The fourth-order valence-corrected chi connectivity index (χ4v) is 3.85. The molecule has 7 nitrogen and oxygen atoms in total. The SMILES string of the molecule is N#Cc1ncccc1S(=O)(=O)NC(=O)CCCc1c[nH]c2ccccc12. The molecule has 0 aliphatic carbocycles. The van der Waals surface area contributed by atoms with Crippen LogP contribution in [0.15, 0.2) is 53.7 Å². The molecule has 26 heavy (non-hydrogen) atoms. The first-order valence-corrected chi connectivity index (χ1v) is 9.45. The van der Waals surface area contributed by atoms with E-state index in [1.165, 1.54) is 18.3 Å². The molecule has 3 rings (SSSR count). The zero-order valence-corrected chi connectivity index (χ0v) is 14.6. The summed E-state index contributed by atoms with van der Waals surface area (Å²) in [6.45, 7) is 0. The molecule has 0 atom stereocenters. The van der Waals surface area contributed by atoms with E-state index in [-0.39, 0.29) is 17.0 Å². The van der Waals surface area contributed by atoms with Crippen LogP contribution < -0.4 is 4.72 Å². The van der Waals surface area contributed by atoms with Gasteiger partial charge in [-0.15, -0.1) is 0 Å². The van der Waals surface area contributed by atoms with Crippen molar-refractivity contribution >= 4 is 26.8 Å². The third-order valence-corrected chi connectivity index (χ3v) is 5.34. The summed E-state index contributed by atoms with van der Waals surface area (Å²) in [5.74, 6) is -0.613. The number of nitriles is 1. The van der Waals surface area contributed by atoms with E-state index in [1.54, 1.807) is 6.07 Å². The molecule has 0 aliphatic heterocycles. The number of pyridine rings is 1. The Bertz CT molecular complexity index is 1100. The van der Waals surface area contributed by atoms with Crippen LogP contribution in [-0.2, 0) is 21.2 Å². The van der Waals surface area contributed by atoms with Crippen molar-refractivity contribution in [1.82, 2.24) is 14.7 Å². The Balaban J connectivity index is 1.61. The second-order valence-corrected chi connectivity index (χ2v) is 7.35. The summed E-state index contributed by atoms with van der Waals surface area (Å²) in [7, 11) is -4.11. The molecule has 0 unspecified atom stereocenters. The quantitative estimate of drug-likeness (QED) is 0.692. The zero-order valence-electron chi connectivity index (χ0n) is 13.8. The molecular formula is C18H16N4O3S. The van der Waals surface area contributed by atoms with Gasteiger partial charge in [-0.05, 0) is 36.6 Å². The van der Waals surface area contributed by atoms with E-state index >= 15 is 0 Å². The van der Waals surface area contributed by atoms with Crippen molar-refractivity contribution in [2.24, 2.45) is 0 Å². The topological polar surface area (TPSA) is 116 Å². The number of aromatic amines is 1. The van der Waals surface area contributed by atoms with Gasteiger partial charge in [-0.3, -0.25) is 4.79 Å². The van der Waals surface area contributed by atoms with Gasteiger partial charge in [0.25, 0.3) is 10.0 Å². The number of hydrogen-bond acceptors (Lipinski definition) is 5. The van der Waals surface area contributed by atoms with E-state index in [9.17, 15) is 13.2 Å². The van der Waals surface area contributed by atoms with Crippen molar-refractivity contribution in [3.8, 4) is 6.07 Å². The Labute approximate surface area is 150 Å². The number of nitrogens with zero attached hydrogens (tertiary/aromatic N) is 2. The van der Waals surface area contributed by atoms with E-state index in [4.69, 9.17) is 5.26 Å². The summed E-state index contributed by atoms with van der Waals surface area (Å²) in [5, 5.41) is 10.0. The van der Waals surface area contributed by atoms with Gasteiger partial charge in [0.2, 0.25) is 5.91 Å². The van der Waals surface area contributed by atoms with Gasteiger partial charge < -0.3 is 4.98 Å². The molecule has 8 heteroatoms. The molecule has 2 N–H and O–H groups in total. The standard InChI is InChI=1S/C18H16N4O3S/c19-11-16-17(8-4-10-20-16)26(24,25)22-18(23)9-3-5-13-12-21-15-7-2-1-6-14(13)15/h1-2,4,6-8,10,12,21H,3,5,9H2,(H,22,23). The van der Waals surface area contributed by atoms with Crippen LogP contribution in [0.5, 0.6) is 0 Å². The summed E-state index contributed by atoms with van der Waals surface area (Å²) in [5.41, 5.74) is 1.86. The summed E-state index contributed by atoms with van der Waals surface area (Å²) in [4.78, 5) is 18.6. The van der Waals surface area contributed by atoms with Crippen LogP contribution in [0.3, 0.4) is 0 Å². The second-order valence-electron chi connectivity index (χ2n) is 5.70. The average Bonchev–Trinajstić information content (AvgIpc) is 3.04. The second kappa shape index (κ2) is 7.37. The molecule has 0 aliphatic rings. The summed E-state index contributed by atoms with van der Waals surface area (Å²) in [6, 6.07) is 12.2. The van der Waals surface area contributed by atoms with Gasteiger partial charge in [0.15, 0.2) is 5.69 Å². The minimum Gasteiger partial charge on any atom is -0.361 e. The van der Waals surface area contributed by atoms with E-state index in [0.29, 0.717) is 12.8 Å². The van der Waals surface area contributed by atoms with Gasteiger partial charge >= 0.3 is 0 Å². The molecule has 0 radical (unpaired) electrons. The normalized spacial score (nSPS) is 11.2. The number of sulfonamides is 1. The van der Waals surface area contributed by atoms with Crippen molar-refractivity contribution in [3.05, 3.63) is 60.0 Å². The monoisotopic (exact) mass is 368 g/mol. The molecule has 1 aromatic carbocycles. The minimum absolute atomic E-state index is 0.0564. The largest absolute Gasteiger partial charge is 0.361 e. The van der Waals surface area contributed by atoms with E-state index in [2.05, 4.69) is 9.97 Å². The lowest BCUT2D eigenvalue weighted by Gasteiger charge is -2.07. The molecule has 0 saturated heterocycles. The highest BCUT2D eigenvalue weighted by molar-refractivity contribution is 7.90. The van der Waals surface area contributed by atoms with Crippen molar-refractivity contribution in [3.63, 3.8) is 0 Å². The van der Waals surface area contributed by atoms with Crippen LogP contribution in [0.1, 0.15) is 24.1 Å². The number of hydrogen-bond donors (Lipinski definition) is 2. The van der Waals surface area contributed by atoms with Crippen LogP contribution in [0.2, 0.25) is 0 Å². The predicted molar refractivity (Wildman–Crippen MR) is 95.5 cm³/mol. The van der Waals surface area contributed by atoms with Gasteiger partial charge in [0, 0.05) is 29.7 Å². The van der Waals surface area contributed by atoms with Crippen molar-refractivity contribution in [2.45, 2.75) is 24.2 Å². The van der Waals surface area contributed by atoms with E-state index in [1.807, 2.05) is 35.2 Å². The Morgan fingerprint density at radius 2 is 2.04 bits per heavy atom. The fraction of sp³-hybridized carbons (Fsp3) is 0.167. The Kier molecular flexibility index (Phi) is 5.00. The maximum atomic E-state index is 12.3. The molecule has 0 spiro atoms. The number of aromatic nitrogens is 2. The maximum Gasteiger partial charge on any atom is 0.266 e. The third-order valence-electron chi connectivity index (χ3n) is 3.94. The fourth-order valence-electron chi connectivity index (χ4n) is 2.73. The first kappa shape index (κ1) is 17.6. The van der Waals surface area contributed by atoms with Crippen LogP contribution in [0, 0.1) is 11.3 Å². The lowest BCUT2D eigenvalue weighted by Crippen LogP contribution is -2.31. The number of H-pyrrole nitrogens is 1. The van der Waals surface area contributed by atoms with Gasteiger partial charge in [-0.1, -0.05) is 18.2 Å². The van der Waals surface area contributed by atoms with Gasteiger partial charge in [-0.2, -0.15) is 5.26 Å². The lowest BCUT2D eigenvalue weighted by atomic mass is 10.1. The highest BCUT2D eigenvalue weighted by Crippen LogP contribution is 2.19. The zero-order chi connectivity index (χ0) is 18.6. The average molecular weight is 368 g/mol. The van der Waals surface area contributed by atoms with Crippen LogP contribution in [-0.4, -0.2) is 24.3 Å². The van der Waals surface area contributed by atoms with Crippen molar-refractivity contribution in [1.29, 1.82) is 5.26 Å². The number of benzene rings is 1. The molecule has 3 aromatic rings. The van der Waals surface area contributed by atoms with E-state index < -0.39 is 15.9 Å². The number of carbonyl (C=O) groups is 1. The summed E-state index contributed by atoms with van der Waals surface area (Å²) < 4.78 is 26.5. The van der Waals surface area contributed by atoms with Crippen LogP contribution in [0.25, 0.3) is 10.9 Å². The number of para-hydroxylation sites is 1. The Morgan fingerprint density at radius 1 is 1.23 bits per heavy atom. The molecule has 1 amide bonds. The molecule has 132 valence electrons. The van der Waals surface area contributed by atoms with Crippen molar-refractivity contribution < 1.29 is 13.2 Å². The molecule has 0 saturated carbocycles. The lowest BCUT2D eigenvalue weighted by molar-refractivity contribution is -0.119. The third kappa shape index (κ3) is 3.73. The molecule has 2 aromatic heterocycles. The molecule has 2 heterocycles. The first-order valence-electron chi connectivity index (χ1n) is 7.97. The maximum absolute atomic E-state index is 12.3. The van der Waals surface area contributed by atoms with Crippen LogP contribution >= 0.6 is 0 Å². The van der Waals surface area contributed by atoms with Gasteiger partial charge in [0.05, 0.1) is 0 Å². The number of rotatable bonds is 6. The predicted octanol–water partition coefficient (Wildman–Crippen LogP) is 2.26. The molecule has 0 fully saturated rings. The summed E-state index contributed by atoms with van der Waals surface area (Å²) in [6.07, 6.45) is 4.42. The highest BCUT2D eigenvalue weighted by Gasteiger charge is 2.21. The van der Waals surface area contributed by atoms with Crippen molar-refractivity contribution in [2.75, 3.05) is 0 Å².